The summed E-state index contributed by atoms with van der Waals surface area (Å²) < 4.78 is 15.5. The molecule has 154 valence electrons. The number of hydrazone groups is 1. The van der Waals surface area contributed by atoms with E-state index in [1.807, 2.05) is 0 Å². The third kappa shape index (κ3) is 2.78. The number of esters is 1. The second kappa shape index (κ2) is 7.51. The summed E-state index contributed by atoms with van der Waals surface area (Å²) in [6.45, 7) is 0. The molecule has 0 aromatic heterocycles. The molecule has 9 nitrogen and oxygen atoms in total. The fourth-order valence-corrected chi connectivity index (χ4v) is 3.76. The first-order chi connectivity index (χ1) is 14.5. The van der Waals surface area contributed by atoms with Crippen molar-refractivity contribution in [2.75, 3.05) is 31.2 Å². The van der Waals surface area contributed by atoms with E-state index in [9.17, 15) is 14.4 Å². The summed E-state index contributed by atoms with van der Waals surface area (Å²) in [6.07, 6.45) is 0. The largest absolute Gasteiger partial charge is 0.495 e. The number of ether oxygens (including phenoxy) is 3. The molecule has 0 N–H and O–H groups in total. The van der Waals surface area contributed by atoms with E-state index in [4.69, 9.17) is 14.2 Å². The Morgan fingerprint density at radius 2 is 1.43 bits per heavy atom. The van der Waals surface area contributed by atoms with Crippen LogP contribution >= 0.6 is 0 Å². The standard InChI is InChI=1S/C21H19N3O6/c1-28-14-10-6-4-8-12(14)23-19(25)16-17(21(27)30-3)22-24(18(16)20(23)26)13-9-5-7-11-15(13)29-2/h4-11,16,18H,1-3H3/t16-,18+/m1/s1. The number of amides is 2. The summed E-state index contributed by atoms with van der Waals surface area (Å²) in [4.78, 5) is 40.2. The maximum atomic E-state index is 13.4. The van der Waals surface area contributed by atoms with Gasteiger partial charge < -0.3 is 14.2 Å². The second-order valence-corrected chi connectivity index (χ2v) is 6.60. The van der Waals surface area contributed by atoms with Crippen LogP contribution in [0, 0.1) is 5.92 Å². The number of carbonyl (C=O) groups excluding carboxylic acids is 3. The summed E-state index contributed by atoms with van der Waals surface area (Å²) >= 11 is 0. The zero-order chi connectivity index (χ0) is 21.4. The summed E-state index contributed by atoms with van der Waals surface area (Å²) in [5, 5.41) is 5.64. The minimum atomic E-state index is -1.11. The maximum absolute atomic E-state index is 13.4. The van der Waals surface area contributed by atoms with Crippen molar-refractivity contribution in [3.05, 3.63) is 48.5 Å². The number of imide groups is 1. The molecule has 2 aromatic carbocycles. The summed E-state index contributed by atoms with van der Waals surface area (Å²) in [5.41, 5.74) is 0.620. The number of fused-ring (bicyclic) bond motifs is 1. The fraction of sp³-hybridized carbons (Fsp3) is 0.238. The highest BCUT2D eigenvalue weighted by Crippen LogP contribution is 2.42. The molecule has 0 unspecified atom stereocenters. The number of nitrogens with zero attached hydrogens (tertiary/aromatic N) is 3. The molecule has 2 aromatic rings. The van der Waals surface area contributed by atoms with Gasteiger partial charge in [-0.05, 0) is 24.3 Å². The SMILES string of the molecule is COC(=O)C1=NN(c2ccccc2OC)[C@@H]2C(=O)N(c3ccccc3OC)C(=O)[C@H]12. The highest BCUT2D eigenvalue weighted by Gasteiger charge is 2.59. The second-order valence-electron chi connectivity index (χ2n) is 6.60. The minimum absolute atomic E-state index is 0.135. The third-order valence-corrected chi connectivity index (χ3v) is 5.10. The molecular formula is C21H19N3O6. The lowest BCUT2D eigenvalue weighted by atomic mass is 9.97. The summed E-state index contributed by atoms with van der Waals surface area (Å²) in [5.74, 6) is -2.18. The summed E-state index contributed by atoms with van der Waals surface area (Å²) in [6, 6.07) is 12.6. The molecule has 9 heteroatoms. The number of benzene rings is 2. The van der Waals surface area contributed by atoms with E-state index in [1.54, 1.807) is 48.5 Å². The van der Waals surface area contributed by atoms with Crippen molar-refractivity contribution in [2.45, 2.75) is 6.04 Å². The fourth-order valence-electron chi connectivity index (χ4n) is 3.76. The average molecular weight is 409 g/mol. The van der Waals surface area contributed by atoms with Gasteiger partial charge in [-0.2, -0.15) is 5.10 Å². The van der Waals surface area contributed by atoms with E-state index in [-0.39, 0.29) is 5.71 Å². The van der Waals surface area contributed by atoms with Crippen molar-refractivity contribution in [3.8, 4) is 11.5 Å². The Bertz CT molecular complexity index is 1070. The highest BCUT2D eigenvalue weighted by atomic mass is 16.5. The van der Waals surface area contributed by atoms with Crippen LogP contribution in [0.1, 0.15) is 0 Å². The number of para-hydroxylation sites is 4. The predicted molar refractivity (Wildman–Crippen MR) is 108 cm³/mol. The molecule has 1 saturated heterocycles. The Morgan fingerprint density at radius 1 is 0.867 bits per heavy atom. The molecule has 0 bridgehead atoms. The lowest BCUT2D eigenvalue weighted by Gasteiger charge is -2.24. The first kappa shape index (κ1) is 19.4. The number of anilines is 2. The number of methoxy groups -OCH3 is 3. The lowest BCUT2D eigenvalue weighted by molar-refractivity contribution is -0.133. The van der Waals surface area contributed by atoms with Crippen LogP contribution in [0.15, 0.2) is 53.6 Å². The van der Waals surface area contributed by atoms with E-state index in [1.165, 1.54) is 26.3 Å². The monoisotopic (exact) mass is 409 g/mol. The van der Waals surface area contributed by atoms with Crippen LogP contribution in [0.3, 0.4) is 0 Å². The van der Waals surface area contributed by atoms with Crippen molar-refractivity contribution in [1.29, 1.82) is 0 Å². The van der Waals surface area contributed by atoms with E-state index in [0.29, 0.717) is 22.9 Å². The van der Waals surface area contributed by atoms with Crippen molar-refractivity contribution < 1.29 is 28.6 Å². The van der Waals surface area contributed by atoms with Gasteiger partial charge in [0.2, 0.25) is 5.91 Å². The van der Waals surface area contributed by atoms with Gasteiger partial charge >= 0.3 is 5.97 Å². The zero-order valence-electron chi connectivity index (χ0n) is 16.6. The molecule has 0 saturated carbocycles. The van der Waals surface area contributed by atoms with Crippen molar-refractivity contribution >= 4 is 34.9 Å². The average Bonchev–Trinajstić information content (AvgIpc) is 3.30. The smallest absolute Gasteiger partial charge is 0.355 e. The molecule has 30 heavy (non-hydrogen) atoms. The first-order valence-electron chi connectivity index (χ1n) is 9.13. The van der Waals surface area contributed by atoms with E-state index < -0.39 is 29.7 Å². The van der Waals surface area contributed by atoms with E-state index in [2.05, 4.69) is 5.10 Å². The number of carbonyl (C=O) groups is 3. The van der Waals surface area contributed by atoms with Crippen molar-refractivity contribution in [3.63, 3.8) is 0 Å². The van der Waals surface area contributed by atoms with Crippen molar-refractivity contribution in [2.24, 2.45) is 11.0 Å². The molecule has 0 spiro atoms. The Morgan fingerprint density at radius 3 is 2.03 bits per heavy atom. The van der Waals surface area contributed by atoms with Gasteiger partial charge in [-0.15, -0.1) is 0 Å². The molecule has 2 atom stereocenters. The van der Waals surface area contributed by atoms with Gasteiger partial charge in [0.05, 0.1) is 27.0 Å². The molecule has 0 radical (unpaired) electrons. The number of hydrogen-bond donors (Lipinski definition) is 0. The van der Waals surface area contributed by atoms with Gasteiger partial charge in [-0.1, -0.05) is 24.3 Å². The quantitative estimate of drug-likeness (QED) is 0.547. The van der Waals surface area contributed by atoms with E-state index >= 15 is 0 Å². The maximum Gasteiger partial charge on any atom is 0.355 e. The van der Waals surface area contributed by atoms with Gasteiger partial charge in [0.15, 0.2) is 5.71 Å². The van der Waals surface area contributed by atoms with Crippen molar-refractivity contribution in [1.82, 2.24) is 0 Å². The van der Waals surface area contributed by atoms with Crippen LogP contribution in [0.5, 0.6) is 11.5 Å². The van der Waals surface area contributed by atoms with Crippen LogP contribution < -0.4 is 19.4 Å². The molecule has 1 fully saturated rings. The van der Waals surface area contributed by atoms with Crippen LogP contribution in [0.2, 0.25) is 0 Å². The minimum Gasteiger partial charge on any atom is -0.495 e. The Kier molecular flexibility index (Phi) is 4.86. The van der Waals surface area contributed by atoms with Crippen LogP contribution in [-0.2, 0) is 19.1 Å². The molecular weight excluding hydrogens is 390 g/mol. The Hall–Kier alpha value is -3.88. The molecule has 2 aliphatic rings. The van der Waals surface area contributed by atoms with Gasteiger partial charge in [0, 0.05) is 0 Å². The van der Waals surface area contributed by atoms with E-state index in [0.717, 1.165) is 4.90 Å². The Balaban J connectivity index is 1.85. The third-order valence-electron chi connectivity index (χ3n) is 5.10. The number of hydrogen-bond acceptors (Lipinski definition) is 8. The van der Waals surface area contributed by atoms with Gasteiger partial charge in [0.25, 0.3) is 5.91 Å². The number of rotatable bonds is 5. The van der Waals surface area contributed by atoms with Gasteiger partial charge in [-0.25, -0.2) is 14.7 Å². The summed E-state index contributed by atoms with van der Waals surface area (Å²) in [7, 11) is 4.14. The zero-order valence-corrected chi connectivity index (χ0v) is 16.6. The molecule has 2 aliphatic heterocycles. The van der Waals surface area contributed by atoms with Crippen LogP contribution in [0.25, 0.3) is 0 Å². The molecule has 2 heterocycles. The Labute approximate surface area is 172 Å². The van der Waals surface area contributed by atoms with Gasteiger partial charge in [-0.3, -0.25) is 9.59 Å². The normalized spacial score (nSPS) is 20.2. The molecule has 4 rings (SSSR count). The lowest BCUT2D eigenvalue weighted by Crippen LogP contribution is -2.39. The highest BCUT2D eigenvalue weighted by molar-refractivity contribution is 6.47. The molecule has 0 aliphatic carbocycles. The van der Waals surface area contributed by atoms with Gasteiger partial charge in [0.1, 0.15) is 29.1 Å². The first-order valence-corrected chi connectivity index (χ1v) is 9.13. The molecule has 2 amide bonds. The predicted octanol–water partition coefficient (Wildman–Crippen LogP) is 1.61. The topological polar surface area (TPSA) is 97.7 Å². The van der Waals surface area contributed by atoms with Crippen LogP contribution in [-0.4, -0.2) is 50.9 Å². The van der Waals surface area contributed by atoms with Crippen LogP contribution in [0.4, 0.5) is 11.4 Å².